The van der Waals surface area contributed by atoms with Crippen molar-refractivity contribution >= 4 is 29.9 Å². The van der Waals surface area contributed by atoms with Gasteiger partial charge in [0.25, 0.3) is 0 Å². The third-order valence-corrected chi connectivity index (χ3v) is 6.08. The molecule has 4 rings (SSSR count). The van der Waals surface area contributed by atoms with E-state index in [1.54, 1.807) is 0 Å². The SMILES string of the molecule is CN=C(NCC(c1ccc(C)cc1)N1CCOCC1)N1CCOC(c2cnn(C)c2)C1.I. The van der Waals surface area contributed by atoms with E-state index in [2.05, 4.69) is 56.4 Å². The van der Waals surface area contributed by atoms with E-state index in [1.165, 1.54) is 11.1 Å². The predicted molar refractivity (Wildman–Crippen MR) is 137 cm³/mol. The zero-order valence-electron chi connectivity index (χ0n) is 19.2. The van der Waals surface area contributed by atoms with Crippen molar-refractivity contribution in [1.82, 2.24) is 24.9 Å². The second kappa shape index (κ2) is 12.0. The summed E-state index contributed by atoms with van der Waals surface area (Å²) >= 11 is 0. The molecule has 0 radical (unpaired) electrons. The highest BCUT2D eigenvalue weighted by Crippen LogP contribution is 2.24. The highest BCUT2D eigenvalue weighted by atomic mass is 127. The van der Waals surface area contributed by atoms with Crippen LogP contribution in [0.3, 0.4) is 0 Å². The second-order valence-electron chi connectivity index (χ2n) is 8.26. The van der Waals surface area contributed by atoms with Crippen molar-refractivity contribution in [2.24, 2.45) is 12.0 Å². The maximum absolute atomic E-state index is 6.00. The molecule has 1 aromatic heterocycles. The summed E-state index contributed by atoms with van der Waals surface area (Å²) in [6.07, 6.45) is 3.92. The fourth-order valence-electron chi connectivity index (χ4n) is 4.31. The fraction of sp³-hybridized carbons (Fsp3) is 0.565. The molecule has 1 N–H and O–H groups in total. The van der Waals surface area contributed by atoms with Gasteiger partial charge in [-0.2, -0.15) is 5.10 Å². The van der Waals surface area contributed by atoms with E-state index in [1.807, 2.05) is 31.2 Å². The molecule has 0 spiro atoms. The van der Waals surface area contributed by atoms with E-state index in [-0.39, 0.29) is 36.1 Å². The summed E-state index contributed by atoms with van der Waals surface area (Å²) in [6, 6.07) is 9.15. The van der Waals surface area contributed by atoms with Crippen LogP contribution >= 0.6 is 24.0 Å². The molecule has 176 valence electrons. The number of rotatable bonds is 5. The molecule has 1 aromatic carbocycles. The van der Waals surface area contributed by atoms with Gasteiger partial charge in [0.05, 0.1) is 38.6 Å². The molecule has 9 heteroatoms. The standard InChI is InChI=1S/C23H34N6O2.HI/c1-18-4-6-19(7-5-18)21(28-8-11-30-12-9-28)15-25-23(24-2)29-10-13-31-22(17-29)20-14-26-27(3)16-20;/h4-7,14,16,21-22H,8-13,15,17H2,1-3H3,(H,24,25);1H. The van der Waals surface area contributed by atoms with Crippen molar-refractivity contribution in [3.8, 4) is 0 Å². The molecule has 2 aromatic rings. The Morgan fingerprint density at radius 1 is 1.19 bits per heavy atom. The number of aliphatic imine (C=N–C) groups is 1. The molecule has 2 aliphatic heterocycles. The van der Waals surface area contributed by atoms with E-state index < -0.39 is 0 Å². The van der Waals surface area contributed by atoms with Crippen LogP contribution < -0.4 is 5.32 Å². The highest BCUT2D eigenvalue weighted by Gasteiger charge is 2.27. The Morgan fingerprint density at radius 2 is 1.94 bits per heavy atom. The third-order valence-electron chi connectivity index (χ3n) is 6.08. The van der Waals surface area contributed by atoms with Gasteiger partial charge in [-0.15, -0.1) is 24.0 Å². The Bertz CT molecular complexity index is 866. The summed E-state index contributed by atoms with van der Waals surface area (Å²) < 4.78 is 13.4. The Kier molecular flexibility index (Phi) is 9.33. The molecule has 0 bridgehead atoms. The molecule has 2 saturated heterocycles. The lowest BCUT2D eigenvalue weighted by molar-refractivity contribution is -0.00853. The molecule has 0 saturated carbocycles. The summed E-state index contributed by atoms with van der Waals surface area (Å²) in [5.74, 6) is 0.919. The van der Waals surface area contributed by atoms with Crippen molar-refractivity contribution in [2.75, 3.05) is 59.6 Å². The number of benzene rings is 1. The molecule has 0 aliphatic carbocycles. The van der Waals surface area contributed by atoms with Gasteiger partial charge in [0.2, 0.25) is 0 Å². The smallest absolute Gasteiger partial charge is 0.193 e. The maximum atomic E-state index is 6.00. The number of morpholine rings is 2. The third kappa shape index (κ3) is 6.21. The molecule has 3 heterocycles. The van der Waals surface area contributed by atoms with Gasteiger partial charge in [0.1, 0.15) is 6.10 Å². The highest BCUT2D eigenvalue weighted by molar-refractivity contribution is 14.0. The van der Waals surface area contributed by atoms with E-state index in [9.17, 15) is 0 Å². The van der Waals surface area contributed by atoms with Crippen LogP contribution in [0.4, 0.5) is 0 Å². The van der Waals surface area contributed by atoms with Gasteiger partial charge in [0, 0.05) is 52.0 Å². The Morgan fingerprint density at radius 3 is 2.59 bits per heavy atom. The number of aryl methyl sites for hydroxylation is 2. The van der Waals surface area contributed by atoms with Crippen LogP contribution in [0.25, 0.3) is 0 Å². The Hall–Kier alpha value is -1.69. The predicted octanol–water partition coefficient (Wildman–Crippen LogP) is 2.37. The average Bonchev–Trinajstić information content (AvgIpc) is 3.25. The van der Waals surface area contributed by atoms with Crippen LogP contribution in [0, 0.1) is 6.92 Å². The molecule has 2 aliphatic rings. The lowest BCUT2D eigenvalue weighted by Crippen LogP contribution is -2.50. The number of ether oxygens (including phenoxy) is 2. The van der Waals surface area contributed by atoms with Gasteiger partial charge in [-0.3, -0.25) is 14.6 Å². The first-order valence-electron chi connectivity index (χ1n) is 11.1. The number of aromatic nitrogens is 2. The van der Waals surface area contributed by atoms with Crippen molar-refractivity contribution in [3.63, 3.8) is 0 Å². The van der Waals surface area contributed by atoms with Crippen LogP contribution in [0.1, 0.15) is 28.8 Å². The number of hydrogen-bond acceptors (Lipinski definition) is 5. The molecule has 2 atom stereocenters. The van der Waals surface area contributed by atoms with Crippen molar-refractivity contribution in [2.45, 2.75) is 19.1 Å². The number of halogens is 1. The number of hydrogen-bond donors (Lipinski definition) is 1. The van der Waals surface area contributed by atoms with E-state index >= 15 is 0 Å². The van der Waals surface area contributed by atoms with Gasteiger partial charge in [-0.1, -0.05) is 29.8 Å². The van der Waals surface area contributed by atoms with E-state index in [4.69, 9.17) is 9.47 Å². The van der Waals surface area contributed by atoms with E-state index in [0.717, 1.165) is 57.5 Å². The summed E-state index contributed by atoms with van der Waals surface area (Å²) in [6.45, 7) is 8.64. The minimum Gasteiger partial charge on any atom is -0.379 e. The lowest BCUT2D eigenvalue weighted by atomic mass is 10.0. The molecular weight excluding hydrogens is 519 g/mol. The molecule has 2 fully saturated rings. The topological polar surface area (TPSA) is 67.2 Å². The quantitative estimate of drug-likeness (QED) is 0.348. The molecule has 0 amide bonds. The first-order chi connectivity index (χ1) is 15.1. The van der Waals surface area contributed by atoms with Gasteiger partial charge >= 0.3 is 0 Å². The summed E-state index contributed by atoms with van der Waals surface area (Å²) in [7, 11) is 3.79. The van der Waals surface area contributed by atoms with Crippen LogP contribution in [-0.2, 0) is 16.5 Å². The van der Waals surface area contributed by atoms with Crippen molar-refractivity contribution < 1.29 is 9.47 Å². The second-order valence-corrected chi connectivity index (χ2v) is 8.26. The molecule has 32 heavy (non-hydrogen) atoms. The average molecular weight is 554 g/mol. The summed E-state index contributed by atoms with van der Waals surface area (Å²) in [5.41, 5.74) is 3.71. The van der Waals surface area contributed by atoms with Crippen LogP contribution in [-0.4, -0.2) is 85.1 Å². The molecule has 2 unspecified atom stereocenters. The van der Waals surface area contributed by atoms with Gasteiger partial charge < -0.3 is 19.7 Å². The van der Waals surface area contributed by atoms with Crippen molar-refractivity contribution in [1.29, 1.82) is 0 Å². The largest absolute Gasteiger partial charge is 0.379 e. The molecule has 8 nitrogen and oxygen atoms in total. The number of nitrogens with zero attached hydrogens (tertiary/aromatic N) is 5. The minimum atomic E-state index is 0. The maximum Gasteiger partial charge on any atom is 0.193 e. The first kappa shape index (κ1) is 24.9. The Balaban J connectivity index is 0.00000289. The number of guanidine groups is 1. The Labute approximate surface area is 208 Å². The molecular formula is C23H35IN6O2. The van der Waals surface area contributed by atoms with Gasteiger partial charge in [0.15, 0.2) is 5.96 Å². The van der Waals surface area contributed by atoms with Crippen molar-refractivity contribution in [3.05, 3.63) is 53.3 Å². The lowest BCUT2D eigenvalue weighted by Gasteiger charge is -2.38. The zero-order valence-corrected chi connectivity index (χ0v) is 21.6. The number of nitrogens with one attached hydrogen (secondary N) is 1. The summed E-state index contributed by atoms with van der Waals surface area (Å²) in [4.78, 5) is 9.37. The van der Waals surface area contributed by atoms with Crippen LogP contribution in [0.5, 0.6) is 0 Å². The zero-order chi connectivity index (χ0) is 21.6. The van der Waals surface area contributed by atoms with Crippen LogP contribution in [0.2, 0.25) is 0 Å². The minimum absolute atomic E-state index is 0. The van der Waals surface area contributed by atoms with Gasteiger partial charge in [-0.25, -0.2) is 0 Å². The van der Waals surface area contributed by atoms with E-state index in [0.29, 0.717) is 6.61 Å². The van der Waals surface area contributed by atoms with Gasteiger partial charge in [-0.05, 0) is 12.5 Å². The normalized spacial score (nSPS) is 21.2. The summed E-state index contributed by atoms with van der Waals surface area (Å²) in [5, 5.41) is 7.93. The first-order valence-corrected chi connectivity index (χ1v) is 11.1. The van der Waals surface area contributed by atoms with Crippen LogP contribution in [0.15, 0.2) is 41.7 Å². The fourth-order valence-corrected chi connectivity index (χ4v) is 4.31. The monoisotopic (exact) mass is 554 g/mol.